The number of hydrogen-bond donors (Lipinski definition) is 0. The van der Waals surface area contributed by atoms with Gasteiger partial charge in [-0.15, -0.1) is 0 Å². The highest BCUT2D eigenvalue weighted by Gasteiger charge is 2.41. The minimum atomic E-state index is -0.347. The monoisotopic (exact) mass is 460 g/mol. The van der Waals surface area contributed by atoms with Crippen molar-refractivity contribution in [2.75, 3.05) is 49.9 Å². The molecule has 8 heteroatoms. The summed E-state index contributed by atoms with van der Waals surface area (Å²) < 4.78 is 13.8. The normalized spacial score (nSPS) is 20.4. The molecule has 2 fully saturated rings. The molecule has 8 nitrogen and oxygen atoms in total. The molecule has 1 saturated heterocycles. The molecule has 0 bridgehead atoms. The molecule has 2 aromatic heterocycles. The Bertz CT molecular complexity index is 1220. The highest BCUT2D eigenvalue weighted by molar-refractivity contribution is 6.01. The van der Waals surface area contributed by atoms with Gasteiger partial charge in [-0.25, -0.2) is 15.0 Å². The third-order valence-corrected chi connectivity index (χ3v) is 7.42. The summed E-state index contributed by atoms with van der Waals surface area (Å²) in [6.45, 7) is 6.11. The smallest absolute Gasteiger partial charge is 0.166 e. The van der Waals surface area contributed by atoms with E-state index in [4.69, 9.17) is 24.5 Å². The quantitative estimate of drug-likeness (QED) is 0.572. The molecule has 1 aliphatic carbocycles. The van der Waals surface area contributed by atoms with Crippen LogP contribution in [0.4, 0.5) is 11.5 Å². The Morgan fingerprint density at radius 2 is 1.91 bits per heavy atom. The topological polar surface area (TPSA) is 68.0 Å². The van der Waals surface area contributed by atoms with E-state index < -0.39 is 0 Å². The summed E-state index contributed by atoms with van der Waals surface area (Å²) in [5.41, 5.74) is 6.11. The number of nitrogens with zero attached hydrogens (tertiary/aromatic N) is 6. The first-order valence-electron chi connectivity index (χ1n) is 12.4. The van der Waals surface area contributed by atoms with Crippen molar-refractivity contribution in [2.24, 2.45) is 5.10 Å². The molecule has 1 saturated carbocycles. The van der Waals surface area contributed by atoms with Crippen LogP contribution < -0.4 is 9.91 Å². The number of aromatic nitrogens is 3. The summed E-state index contributed by atoms with van der Waals surface area (Å²) in [4.78, 5) is 12.3. The summed E-state index contributed by atoms with van der Waals surface area (Å²) in [5, 5.41) is 7.14. The molecular formula is C26H32N6O2. The van der Waals surface area contributed by atoms with E-state index in [0.29, 0.717) is 0 Å². The van der Waals surface area contributed by atoms with Crippen molar-refractivity contribution < 1.29 is 9.47 Å². The molecule has 0 atom stereocenters. The fraction of sp³-hybridized carbons (Fsp3) is 0.500. The van der Waals surface area contributed by atoms with Crippen molar-refractivity contribution in [2.45, 2.75) is 44.8 Å². The summed E-state index contributed by atoms with van der Waals surface area (Å²) in [5.74, 6) is 0.867. The summed E-state index contributed by atoms with van der Waals surface area (Å²) >= 11 is 0. The molecule has 1 aromatic carbocycles. The Kier molecular flexibility index (Phi) is 5.50. The van der Waals surface area contributed by atoms with Gasteiger partial charge in [0, 0.05) is 32.8 Å². The van der Waals surface area contributed by atoms with Crippen molar-refractivity contribution in [1.29, 1.82) is 0 Å². The number of pyridine rings is 1. The predicted molar refractivity (Wildman–Crippen MR) is 134 cm³/mol. The molecule has 0 spiro atoms. The molecule has 3 aliphatic rings. The standard InChI is InChI=1S/C26H32N6O2/c1-19-6-3-7-20(16-19)21-8-4-11-32(29-21)23-17-22(30-12-14-34-15-13-30)24-25(28-23)31(18-27-24)26(33-2)9-5-10-26/h3,6-7,16-18H,4-5,8-15H2,1-2H3. The van der Waals surface area contributed by atoms with E-state index in [1.54, 1.807) is 7.11 Å². The number of ether oxygens (including phenoxy) is 2. The van der Waals surface area contributed by atoms with E-state index in [1.807, 2.05) is 6.33 Å². The Balaban J connectivity index is 1.47. The zero-order valence-electron chi connectivity index (χ0n) is 20.0. The lowest BCUT2D eigenvalue weighted by Gasteiger charge is -2.41. The van der Waals surface area contributed by atoms with Crippen molar-refractivity contribution in [3.05, 3.63) is 47.8 Å². The maximum atomic E-state index is 5.99. The van der Waals surface area contributed by atoms with Gasteiger partial charge in [0.2, 0.25) is 0 Å². The van der Waals surface area contributed by atoms with Crippen molar-refractivity contribution >= 4 is 28.4 Å². The molecule has 0 amide bonds. The van der Waals surface area contributed by atoms with Gasteiger partial charge in [-0.2, -0.15) is 5.10 Å². The molecule has 0 N–H and O–H groups in total. The zero-order chi connectivity index (χ0) is 23.1. The molecule has 34 heavy (non-hydrogen) atoms. The largest absolute Gasteiger partial charge is 0.378 e. The van der Waals surface area contributed by atoms with Crippen LogP contribution >= 0.6 is 0 Å². The van der Waals surface area contributed by atoms with Gasteiger partial charge in [-0.05, 0) is 44.6 Å². The van der Waals surface area contributed by atoms with Gasteiger partial charge in [-0.3, -0.25) is 4.57 Å². The molecule has 0 unspecified atom stereocenters. The lowest BCUT2D eigenvalue weighted by molar-refractivity contribution is -0.135. The SMILES string of the molecule is COC1(n2cnc3c(N4CCOCC4)cc(N4CCCC(c5cccc(C)c5)=N4)nc32)CCC1. The molecule has 2 aliphatic heterocycles. The van der Waals surface area contributed by atoms with Crippen LogP contribution in [0.1, 0.15) is 43.2 Å². The van der Waals surface area contributed by atoms with E-state index in [2.05, 4.69) is 51.7 Å². The average molecular weight is 461 g/mol. The van der Waals surface area contributed by atoms with Gasteiger partial charge in [-0.1, -0.05) is 29.8 Å². The molecule has 0 radical (unpaired) electrons. The van der Waals surface area contributed by atoms with E-state index in [1.165, 1.54) is 11.1 Å². The highest BCUT2D eigenvalue weighted by atomic mass is 16.5. The van der Waals surface area contributed by atoms with Crippen molar-refractivity contribution in [3.63, 3.8) is 0 Å². The predicted octanol–water partition coefficient (Wildman–Crippen LogP) is 4.06. The van der Waals surface area contributed by atoms with E-state index in [-0.39, 0.29) is 5.72 Å². The first-order chi connectivity index (χ1) is 16.7. The Morgan fingerprint density at radius 3 is 2.65 bits per heavy atom. The minimum absolute atomic E-state index is 0.347. The van der Waals surface area contributed by atoms with Gasteiger partial charge in [0.05, 0.1) is 30.9 Å². The zero-order valence-corrected chi connectivity index (χ0v) is 20.0. The molecule has 4 heterocycles. The van der Waals surface area contributed by atoms with Crippen LogP contribution in [0.3, 0.4) is 0 Å². The number of aryl methyl sites for hydroxylation is 1. The number of hydrazone groups is 1. The number of methoxy groups -OCH3 is 1. The van der Waals surface area contributed by atoms with Gasteiger partial charge in [0.15, 0.2) is 11.5 Å². The molecule has 178 valence electrons. The maximum absolute atomic E-state index is 5.99. The number of anilines is 2. The Morgan fingerprint density at radius 1 is 1.06 bits per heavy atom. The van der Waals surface area contributed by atoms with Crippen LogP contribution in [0, 0.1) is 6.92 Å². The lowest BCUT2D eigenvalue weighted by Crippen LogP contribution is -2.42. The fourth-order valence-electron chi connectivity index (χ4n) is 5.29. The van der Waals surface area contributed by atoms with E-state index in [0.717, 1.165) is 93.3 Å². The minimum Gasteiger partial charge on any atom is -0.378 e. The summed E-state index contributed by atoms with van der Waals surface area (Å²) in [6.07, 6.45) is 7.04. The van der Waals surface area contributed by atoms with E-state index in [9.17, 15) is 0 Å². The Labute approximate surface area is 200 Å². The van der Waals surface area contributed by atoms with Crippen LogP contribution in [0.5, 0.6) is 0 Å². The maximum Gasteiger partial charge on any atom is 0.166 e. The number of imidazole rings is 1. The average Bonchev–Trinajstić information content (AvgIpc) is 3.28. The van der Waals surface area contributed by atoms with Gasteiger partial charge in [0.1, 0.15) is 11.2 Å². The van der Waals surface area contributed by atoms with Gasteiger partial charge in [0.25, 0.3) is 0 Å². The lowest BCUT2D eigenvalue weighted by atomic mass is 9.88. The van der Waals surface area contributed by atoms with Crippen LogP contribution in [0.2, 0.25) is 0 Å². The van der Waals surface area contributed by atoms with Crippen LogP contribution in [-0.2, 0) is 15.2 Å². The molecule has 6 rings (SSSR count). The first-order valence-corrected chi connectivity index (χ1v) is 12.4. The number of morpholine rings is 1. The third kappa shape index (κ3) is 3.65. The van der Waals surface area contributed by atoms with Crippen molar-refractivity contribution in [1.82, 2.24) is 14.5 Å². The van der Waals surface area contributed by atoms with Crippen LogP contribution in [-0.4, -0.2) is 60.2 Å². The number of fused-ring (bicyclic) bond motifs is 1. The second-order valence-corrected chi connectivity index (χ2v) is 9.53. The number of benzene rings is 1. The highest BCUT2D eigenvalue weighted by Crippen LogP contribution is 2.42. The van der Waals surface area contributed by atoms with Gasteiger partial charge >= 0.3 is 0 Å². The molecular weight excluding hydrogens is 428 g/mol. The van der Waals surface area contributed by atoms with Crippen LogP contribution in [0.15, 0.2) is 41.8 Å². The first kappa shape index (κ1) is 21.6. The molecule has 3 aromatic rings. The number of hydrogen-bond acceptors (Lipinski definition) is 7. The second-order valence-electron chi connectivity index (χ2n) is 9.53. The Hall–Kier alpha value is -2.97. The number of rotatable bonds is 5. The van der Waals surface area contributed by atoms with Crippen LogP contribution in [0.25, 0.3) is 11.2 Å². The third-order valence-electron chi connectivity index (χ3n) is 7.42. The summed E-state index contributed by atoms with van der Waals surface area (Å²) in [6, 6.07) is 10.8. The summed E-state index contributed by atoms with van der Waals surface area (Å²) in [7, 11) is 1.79. The van der Waals surface area contributed by atoms with E-state index >= 15 is 0 Å². The van der Waals surface area contributed by atoms with Crippen molar-refractivity contribution in [3.8, 4) is 0 Å². The fourth-order valence-corrected chi connectivity index (χ4v) is 5.29. The second kappa shape index (κ2) is 8.67. The van der Waals surface area contributed by atoms with Gasteiger partial charge < -0.3 is 14.4 Å².